The monoisotopic (exact) mass is 224 g/mol. The van der Waals surface area contributed by atoms with Crippen LogP contribution in [0.15, 0.2) is 23.5 Å². The Balaban J connectivity index is 2.75. The molecular weight excluding hydrogens is 216 g/mol. The standard InChI is InChI=1S/C9H9ClN4O/c1-15-9-8(10)5-7(6-12-9)3-2-4-13-14-11/h2-3,5-6H,4H2,1H3. The maximum atomic E-state index is 8.05. The molecule has 0 atom stereocenters. The van der Waals surface area contributed by atoms with Gasteiger partial charge in [-0.15, -0.1) is 0 Å². The van der Waals surface area contributed by atoms with Crippen molar-refractivity contribution in [1.29, 1.82) is 0 Å². The number of hydrogen-bond donors (Lipinski definition) is 0. The molecule has 0 N–H and O–H groups in total. The van der Waals surface area contributed by atoms with Gasteiger partial charge in [0.25, 0.3) is 0 Å². The number of methoxy groups -OCH3 is 1. The van der Waals surface area contributed by atoms with Gasteiger partial charge in [-0.2, -0.15) is 0 Å². The van der Waals surface area contributed by atoms with Crippen molar-refractivity contribution in [2.75, 3.05) is 13.7 Å². The molecule has 1 aromatic heterocycles. The largest absolute Gasteiger partial charge is 0.480 e. The molecule has 0 aliphatic heterocycles. The Morgan fingerprint density at radius 1 is 1.73 bits per heavy atom. The number of halogens is 1. The van der Waals surface area contributed by atoms with Gasteiger partial charge < -0.3 is 4.74 Å². The fourth-order valence-corrected chi connectivity index (χ4v) is 1.21. The SMILES string of the molecule is COc1ncc(C=CCN=[N+]=[N-])cc1Cl. The molecule has 0 saturated carbocycles. The highest BCUT2D eigenvalue weighted by atomic mass is 35.5. The first kappa shape index (κ1) is 11.4. The first-order valence-corrected chi connectivity index (χ1v) is 4.52. The van der Waals surface area contributed by atoms with E-state index in [0.717, 1.165) is 5.56 Å². The van der Waals surface area contributed by atoms with Crippen molar-refractivity contribution in [3.63, 3.8) is 0 Å². The van der Waals surface area contributed by atoms with Crippen LogP contribution in [0, 0.1) is 0 Å². The van der Waals surface area contributed by atoms with Crippen LogP contribution in [0.4, 0.5) is 0 Å². The average Bonchev–Trinajstić information content (AvgIpc) is 2.25. The highest BCUT2D eigenvalue weighted by Gasteiger charge is 2.00. The van der Waals surface area contributed by atoms with E-state index in [1.54, 1.807) is 24.4 Å². The van der Waals surface area contributed by atoms with Crippen molar-refractivity contribution in [1.82, 2.24) is 4.98 Å². The van der Waals surface area contributed by atoms with E-state index in [1.807, 2.05) is 0 Å². The first-order chi connectivity index (χ1) is 7.27. The molecule has 0 fully saturated rings. The maximum Gasteiger partial charge on any atom is 0.232 e. The third-order valence-electron chi connectivity index (χ3n) is 1.58. The quantitative estimate of drug-likeness (QED) is 0.448. The summed E-state index contributed by atoms with van der Waals surface area (Å²) in [5.41, 5.74) is 8.88. The summed E-state index contributed by atoms with van der Waals surface area (Å²) >= 11 is 5.87. The van der Waals surface area contributed by atoms with Crippen LogP contribution in [-0.2, 0) is 0 Å². The summed E-state index contributed by atoms with van der Waals surface area (Å²) in [6.45, 7) is 0.306. The lowest BCUT2D eigenvalue weighted by atomic mass is 10.2. The predicted octanol–water partition coefficient (Wildman–Crippen LogP) is 3.07. The van der Waals surface area contributed by atoms with Crippen molar-refractivity contribution in [3.8, 4) is 5.88 Å². The van der Waals surface area contributed by atoms with Gasteiger partial charge in [0.15, 0.2) is 0 Å². The maximum absolute atomic E-state index is 8.05. The molecule has 5 nitrogen and oxygen atoms in total. The van der Waals surface area contributed by atoms with E-state index in [0.29, 0.717) is 17.4 Å². The number of rotatable bonds is 4. The topological polar surface area (TPSA) is 70.9 Å². The van der Waals surface area contributed by atoms with Crippen LogP contribution in [-0.4, -0.2) is 18.6 Å². The van der Waals surface area contributed by atoms with Crippen molar-refractivity contribution >= 4 is 17.7 Å². The Kier molecular flexibility index (Phi) is 4.47. The van der Waals surface area contributed by atoms with Gasteiger partial charge in [-0.1, -0.05) is 28.9 Å². The van der Waals surface area contributed by atoms with Crippen LogP contribution in [0.2, 0.25) is 5.02 Å². The summed E-state index contributed by atoms with van der Waals surface area (Å²) in [6.07, 6.45) is 5.11. The van der Waals surface area contributed by atoms with E-state index in [9.17, 15) is 0 Å². The molecule has 1 rings (SSSR count). The summed E-state index contributed by atoms with van der Waals surface area (Å²) < 4.78 is 4.91. The van der Waals surface area contributed by atoms with E-state index in [-0.39, 0.29) is 0 Å². The summed E-state index contributed by atoms with van der Waals surface area (Å²) in [5, 5.41) is 3.81. The fraction of sp³-hybridized carbons (Fsp3) is 0.222. The third-order valence-corrected chi connectivity index (χ3v) is 1.85. The van der Waals surface area contributed by atoms with Gasteiger partial charge in [-0.25, -0.2) is 4.98 Å². The van der Waals surface area contributed by atoms with Gasteiger partial charge in [-0.3, -0.25) is 0 Å². The second-order valence-corrected chi connectivity index (χ2v) is 2.98. The minimum absolute atomic E-state index is 0.306. The number of azide groups is 1. The average molecular weight is 225 g/mol. The minimum Gasteiger partial charge on any atom is -0.480 e. The molecule has 78 valence electrons. The lowest BCUT2D eigenvalue weighted by molar-refractivity contribution is 0.398. The normalized spacial score (nSPS) is 10.0. The molecule has 1 aromatic rings. The molecule has 0 saturated heterocycles. The molecule has 0 spiro atoms. The Bertz CT molecular complexity index is 413. The number of nitrogens with zero attached hydrogens (tertiary/aromatic N) is 4. The second-order valence-electron chi connectivity index (χ2n) is 2.58. The van der Waals surface area contributed by atoms with E-state index in [4.69, 9.17) is 21.9 Å². The molecule has 6 heteroatoms. The van der Waals surface area contributed by atoms with E-state index in [1.165, 1.54) is 7.11 Å². The minimum atomic E-state index is 0.306. The highest BCUT2D eigenvalue weighted by molar-refractivity contribution is 6.31. The molecule has 0 aliphatic carbocycles. The van der Waals surface area contributed by atoms with Gasteiger partial charge in [0.05, 0.1) is 7.11 Å². The molecule has 1 heterocycles. The smallest absolute Gasteiger partial charge is 0.232 e. The Labute approximate surface area is 92.0 Å². The molecule has 0 amide bonds. The second kappa shape index (κ2) is 5.90. The van der Waals surface area contributed by atoms with E-state index < -0.39 is 0 Å². The molecule has 0 aliphatic rings. The third kappa shape index (κ3) is 3.50. The number of aromatic nitrogens is 1. The van der Waals surface area contributed by atoms with Gasteiger partial charge >= 0.3 is 0 Å². The number of hydrogen-bond acceptors (Lipinski definition) is 3. The highest BCUT2D eigenvalue weighted by Crippen LogP contribution is 2.22. The molecule has 0 unspecified atom stereocenters. The van der Waals surface area contributed by atoms with Crippen molar-refractivity contribution < 1.29 is 4.74 Å². The van der Waals surface area contributed by atoms with Gasteiger partial charge in [0.2, 0.25) is 5.88 Å². The van der Waals surface area contributed by atoms with E-state index in [2.05, 4.69) is 15.0 Å². The Morgan fingerprint density at radius 3 is 3.13 bits per heavy atom. The van der Waals surface area contributed by atoms with Crippen LogP contribution in [0.1, 0.15) is 5.56 Å². The van der Waals surface area contributed by atoms with Crippen LogP contribution < -0.4 is 4.74 Å². The molecular formula is C9H9ClN4O. The number of pyridine rings is 1. The van der Waals surface area contributed by atoms with Crippen LogP contribution in [0.25, 0.3) is 16.5 Å². The fourth-order valence-electron chi connectivity index (χ4n) is 0.954. The van der Waals surface area contributed by atoms with Crippen molar-refractivity contribution in [3.05, 3.63) is 39.4 Å². The first-order valence-electron chi connectivity index (χ1n) is 4.15. The van der Waals surface area contributed by atoms with Crippen LogP contribution in [0.5, 0.6) is 5.88 Å². The molecule has 0 aromatic carbocycles. The summed E-state index contributed by atoms with van der Waals surface area (Å²) in [4.78, 5) is 6.61. The molecule has 0 bridgehead atoms. The lowest BCUT2D eigenvalue weighted by Crippen LogP contribution is -1.88. The zero-order chi connectivity index (χ0) is 11.1. The van der Waals surface area contributed by atoms with Crippen molar-refractivity contribution in [2.45, 2.75) is 0 Å². The number of ether oxygens (including phenoxy) is 1. The van der Waals surface area contributed by atoms with Crippen LogP contribution in [0.3, 0.4) is 0 Å². The zero-order valence-corrected chi connectivity index (χ0v) is 8.85. The Hall–Kier alpha value is -1.71. The van der Waals surface area contributed by atoms with Gasteiger partial charge in [0, 0.05) is 17.7 Å². The van der Waals surface area contributed by atoms with Crippen LogP contribution >= 0.6 is 11.6 Å². The summed E-state index contributed by atoms with van der Waals surface area (Å²) in [7, 11) is 1.51. The van der Waals surface area contributed by atoms with Crippen molar-refractivity contribution in [2.24, 2.45) is 5.11 Å². The van der Waals surface area contributed by atoms with E-state index >= 15 is 0 Å². The lowest BCUT2D eigenvalue weighted by Gasteiger charge is -2.01. The Morgan fingerprint density at radius 2 is 2.53 bits per heavy atom. The van der Waals surface area contributed by atoms with Gasteiger partial charge in [-0.05, 0) is 17.2 Å². The summed E-state index contributed by atoms with van der Waals surface area (Å²) in [5.74, 6) is 0.392. The molecule has 0 radical (unpaired) electrons. The summed E-state index contributed by atoms with van der Waals surface area (Å²) in [6, 6.07) is 1.72. The predicted molar refractivity (Wildman–Crippen MR) is 58.8 cm³/mol. The zero-order valence-electron chi connectivity index (χ0n) is 8.09. The van der Waals surface area contributed by atoms with Gasteiger partial charge in [0.1, 0.15) is 5.02 Å². The molecule has 15 heavy (non-hydrogen) atoms.